The maximum atomic E-state index is 9.51. The van der Waals surface area contributed by atoms with Gasteiger partial charge in [-0.15, -0.1) is 0 Å². The number of aliphatic hydroxyl groups excluding tert-OH is 1. The van der Waals surface area contributed by atoms with Gasteiger partial charge in [0.05, 0.1) is 6.61 Å². The first-order valence-electron chi connectivity index (χ1n) is 7.86. The zero-order valence-electron chi connectivity index (χ0n) is 13.1. The van der Waals surface area contributed by atoms with E-state index in [1.165, 1.54) is 45.6 Å². The summed E-state index contributed by atoms with van der Waals surface area (Å²) in [7, 11) is 2.20. The second-order valence-electron chi connectivity index (χ2n) is 6.25. The monoisotopic (exact) mass is 271 g/mol. The van der Waals surface area contributed by atoms with Crippen LogP contribution in [0, 0.1) is 0 Å². The van der Waals surface area contributed by atoms with Crippen molar-refractivity contribution in [3.05, 3.63) is 0 Å². The fraction of sp³-hybridized carbons (Fsp3) is 1.00. The van der Waals surface area contributed by atoms with Crippen LogP contribution >= 0.6 is 0 Å². The first-order chi connectivity index (χ1) is 9.09. The lowest BCUT2D eigenvalue weighted by Crippen LogP contribution is -2.46. The quantitative estimate of drug-likeness (QED) is 0.617. The van der Waals surface area contributed by atoms with Crippen molar-refractivity contribution >= 4 is 0 Å². The van der Waals surface area contributed by atoms with Crippen molar-refractivity contribution in [2.45, 2.75) is 45.1 Å². The van der Waals surface area contributed by atoms with Gasteiger partial charge in [0.2, 0.25) is 0 Å². The predicted molar refractivity (Wildman–Crippen MR) is 81.6 cm³/mol. The number of unbranched alkanes of at least 4 members (excludes halogenated alkanes) is 1. The molecule has 0 aromatic rings. The van der Waals surface area contributed by atoms with Gasteiger partial charge in [-0.3, -0.25) is 0 Å². The Kier molecular flexibility index (Phi) is 7.91. The van der Waals surface area contributed by atoms with Crippen molar-refractivity contribution < 1.29 is 5.11 Å². The molecule has 0 spiro atoms. The topological polar surface area (TPSA) is 38.7 Å². The van der Waals surface area contributed by atoms with Gasteiger partial charge in [0.25, 0.3) is 0 Å². The number of hydrogen-bond acceptors (Lipinski definition) is 4. The number of piperazine rings is 1. The summed E-state index contributed by atoms with van der Waals surface area (Å²) >= 11 is 0. The predicted octanol–water partition coefficient (Wildman–Crippen LogP) is 1.15. The molecular weight excluding hydrogens is 238 g/mol. The minimum Gasteiger partial charge on any atom is -0.394 e. The van der Waals surface area contributed by atoms with Crippen molar-refractivity contribution in [1.82, 2.24) is 15.1 Å². The molecule has 4 nitrogen and oxygen atoms in total. The molecule has 1 aliphatic rings. The van der Waals surface area contributed by atoms with Gasteiger partial charge < -0.3 is 20.2 Å². The zero-order valence-corrected chi connectivity index (χ0v) is 13.1. The normalized spacial score (nSPS) is 21.5. The molecule has 0 aromatic carbocycles. The van der Waals surface area contributed by atoms with Crippen LogP contribution in [0.15, 0.2) is 0 Å². The summed E-state index contributed by atoms with van der Waals surface area (Å²) < 4.78 is 0. The Morgan fingerprint density at radius 1 is 1.16 bits per heavy atom. The summed E-state index contributed by atoms with van der Waals surface area (Å²) in [4.78, 5) is 4.96. The zero-order chi connectivity index (χ0) is 14.1. The summed E-state index contributed by atoms with van der Waals surface area (Å²) in [6.45, 7) is 11.6. The molecule has 1 aliphatic heterocycles. The van der Waals surface area contributed by atoms with E-state index < -0.39 is 0 Å². The molecular formula is C15H33N3O. The minimum absolute atomic E-state index is 0.0852. The Bertz CT molecular complexity index is 229. The van der Waals surface area contributed by atoms with Crippen molar-refractivity contribution in [2.75, 3.05) is 52.9 Å². The first kappa shape index (κ1) is 16.9. The molecule has 0 bridgehead atoms. The molecule has 0 aliphatic carbocycles. The fourth-order valence-corrected chi connectivity index (χ4v) is 2.57. The molecule has 114 valence electrons. The second kappa shape index (κ2) is 8.90. The van der Waals surface area contributed by atoms with Crippen LogP contribution in [-0.4, -0.2) is 73.4 Å². The molecule has 1 saturated heterocycles. The fourth-order valence-electron chi connectivity index (χ4n) is 2.57. The van der Waals surface area contributed by atoms with Gasteiger partial charge in [-0.25, -0.2) is 0 Å². The average molecular weight is 271 g/mol. The maximum absolute atomic E-state index is 9.51. The summed E-state index contributed by atoms with van der Waals surface area (Å²) in [6, 6.07) is 0. The van der Waals surface area contributed by atoms with Crippen molar-refractivity contribution in [2.24, 2.45) is 0 Å². The van der Waals surface area contributed by atoms with Gasteiger partial charge in [0.1, 0.15) is 0 Å². The number of hydrogen-bond donors (Lipinski definition) is 2. The smallest absolute Gasteiger partial charge is 0.0610 e. The SMILES string of the molecule is CCCNC(C)(CO)CCCCN1CCN(C)CC1. The highest BCUT2D eigenvalue weighted by Gasteiger charge is 2.21. The lowest BCUT2D eigenvalue weighted by molar-refractivity contribution is 0.143. The molecule has 0 saturated carbocycles. The van der Waals surface area contributed by atoms with Crippen LogP contribution in [-0.2, 0) is 0 Å². The third-order valence-corrected chi connectivity index (χ3v) is 4.20. The van der Waals surface area contributed by atoms with Crippen molar-refractivity contribution in [3.8, 4) is 0 Å². The maximum Gasteiger partial charge on any atom is 0.0610 e. The van der Waals surface area contributed by atoms with Crippen LogP contribution in [0.1, 0.15) is 39.5 Å². The van der Waals surface area contributed by atoms with Gasteiger partial charge in [-0.05, 0) is 46.3 Å². The van der Waals surface area contributed by atoms with Crippen molar-refractivity contribution in [1.29, 1.82) is 0 Å². The van der Waals surface area contributed by atoms with E-state index in [1.54, 1.807) is 0 Å². The Balaban J connectivity index is 2.11. The Labute approximate surface area is 119 Å². The van der Waals surface area contributed by atoms with E-state index >= 15 is 0 Å². The summed E-state index contributed by atoms with van der Waals surface area (Å²) in [5.41, 5.74) is -0.0852. The van der Waals surface area contributed by atoms with Crippen LogP contribution in [0.3, 0.4) is 0 Å². The lowest BCUT2D eigenvalue weighted by atomic mass is 9.95. The van der Waals surface area contributed by atoms with Gasteiger partial charge in [0, 0.05) is 31.7 Å². The number of nitrogens with one attached hydrogen (secondary N) is 1. The Morgan fingerprint density at radius 2 is 1.84 bits per heavy atom. The number of rotatable bonds is 9. The lowest BCUT2D eigenvalue weighted by Gasteiger charge is -2.33. The average Bonchev–Trinajstić information content (AvgIpc) is 2.43. The summed E-state index contributed by atoms with van der Waals surface area (Å²) in [5.74, 6) is 0. The molecule has 1 heterocycles. The number of likely N-dealkylation sites (N-methyl/N-ethyl adjacent to an activating group) is 1. The Morgan fingerprint density at radius 3 is 2.42 bits per heavy atom. The Hall–Kier alpha value is -0.160. The molecule has 0 aromatic heterocycles. The van der Waals surface area contributed by atoms with Crippen LogP contribution in [0.2, 0.25) is 0 Å². The van der Waals surface area contributed by atoms with Crippen LogP contribution < -0.4 is 5.32 Å². The van der Waals surface area contributed by atoms with E-state index in [0.29, 0.717) is 0 Å². The van der Waals surface area contributed by atoms with E-state index in [1.807, 2.05) is 0 Å². The summed E-state index contributed by atoms with van der Waals surface area (Å²) in [5, 5.41) is 13.0. The summed E-state index contributed by atoms with van der Waals surface area (Å²) in [6.07, 6.45) is 4.63. The largest absolute Gasteiger partial charge is 0.394 e. The third-order valence-electron chi connectivity index (χ3n) is 4.20. The van der Waals surface area contributed by atoms with Gasteiger partial charge in [0.15, 0.2) is 0 Å². The standard InChI is InChI=1S/C15H33N3O/c1-4-8-16-15(2,14-19)7-5-6-9-18-12-10-17(3)11-13-18/h16,19H,4-14H2,1-3H3. The highest BCUT2D eigenvalue weighted by atomic mass is 16.3. The third kappa shape index (κ3) is 6.70. The highest BCUT2D eigenvalue weighted by Crippen LogP contribution is 2.14. The molecule has 1 atom stereocenters. The minimum atomic E-state index is -0.0852. The van der Waals surface area contributed by atoms with Crippen molar-refractivity contribution in [3.63, 3.8) is 0 Å². The van der Waals surface area contributed by atoms with E-state index in [4.69, 9.17) is 0 Å². The number of aliphatic hydroxyl groups is 1. The molecule has 19 heavy (non-hydrogen) atoms. The van der Waals surface area contributed by atoms with Crippen LogP contribution in [0.25, 0.3) is 0 Å². The molecule has 2 N–H and O–H groups in total. The van der Waals surface area contributed by atoms with E-state index in [9.17, 15) is 5.11 Å². The number of nitrogens with zero attached hydrogens (tertiary/aromatic N) is 2. The second-order valence-corrected chi connectivity index (χ2v) is 6.25. The molecule has 4 heteroatoms. The van der Waals surface area contributed by atoms with E-state index in [2.05, 4.69) is 36.0 Å². The van der Waals surface area contributed by atoms with Crippen LogP contribution in [0.4, 0.5) is 0 Å². The molecule has 0 amide bonds. The van der Waals surface area contributed by atoms with Crippen LogP contribution in [0.5, 0.6) is 0 Å². The van der Waals surface area contributed by atoms with Gasteiger partial charge in [-0.1, -0.05) is 13.3 Å². The van der Waals surface area contributed by atoms with E-state index in [0.717, 1.165) is 19.4 Å². The van der Waals surface area contributed by atoms with Gasteiger partial charge in [-0.2, -0.15) is 0 Å². The van der Waals surface area contributed by atoms with Gasteiger partial charge >= 0.3 is 0 Å². The van der Waals surface area contributed by atoms with E-state index in [-0.39, 0.29) is 12.1 Å². The molecule has 1 unspecified atom stereocenters. The molecule has 0 radical (unpaired) electrons. The molecule has 1 fully saturated rings. The first-order valence-corrected chi connectivity index (χ1v) is 7.86. The highest BCUT2D eigenvalue weighted by molar-refractivity contribution is 4.82. The molecule has 1 rings (SSSR count).